The van der Waals surface area contributed by atoms with Crippen LogP contribution in [0.1, 0.15) is 10.4 Å². The first-order valence-electron chi connectivity index (χ1n) is 4.86. The second kappa shape index (κ2) is 4.32. The molecule has 0 aliphatic carbocycles. The molecule has 2 rings (SSSR count). The molecule has 17 heavy (non-hydrogen) atoms. The zero-order valence-corrected chi connectivity index (χ0v) is 9.35. The van der Waals surface area contributed by atoms with E-state index in [1.54, 1.807) is 7.05 Å². The van der Waals surface area contributed by atoms with Gasteiger partial charge in [-0.3, -0.25) is 0 Å². The van der Waals surface area contributed by atoms with E-state index < -0.39 is 11.8 Å². The smallest absolute Gasteiger partial charge is 0.337 e. The Morgan fingerprint density at radius 3 is 2.76 bits per heavy atom. The van der Waals surface area contributed by atoms with E-state index >= 15 is 0 Å². The van der Waals surface area contributed by atoms with Crippen molar-refractivity contribution in [2.24, 2.45) is 7.05 Å². The van der Waals surface area contributed by atoms with Gasteiger partial charge in [0.1, 0.15) is 5.82 Å². The number of esters is 1. The lowest BCUT2D eigenvalue weighted by Gasteiger charge is -2.04. The van der Waals surface area contributed by atoms with E-state index in [1.165, 1.54) is 30.1 Å². The number of nitrogens with zero attached hydrogens (tertiary/aromatic N) is 3. The van der Waals surface area contributed by atoms with Gasteiger partial charge in [-0.15, -0.1) is 5.10 Å². The van der Waals surface area contributed by atoms with Crippen LogP contribution >= 0.6 is 0 Å². The van der Waals surface area contributed by atoms with Gasteiger partial charge in [0.25, 0.3) is 0 Å². The Bertz CT molecular complexity index is 566. The van der Waals surface area contributed by atoms with E-state index in [0.717, 1.165) is 6.07 Å². The number of rotatable bonds is 2. The molecule has 5 nitrogen and oxygen atoms in total. The minimum atomic E-state index is -0.583. The summed E-state index contributed by atoms with van der Waals surface area (Å²) in [5.74, 6) is -1.09. The molecule has 0 aliphatic heterocycles. The minimum Gasteiger partial charge on any atom is -0.465 e. The van der Waals surface area contributed by atoms with E-state index in [0.29, 0.717) is 11.3 Å². The fraction of sp³-hybridized carbons (Fsp3) is 0.182. The third-order valence-corrected chi connectivity index (χ3v) is 2.33. The van der Waals surface area contributed by atoms with Gasteiger partial charge in [-0.1, -0.05) is 5.21 Å². The van der Waals surface area contributed by atoms with Gasteiger partial charge >= 0.3 is 5.97 Å². The first kappa shape index (κ1) is 11.3. The highest BCUT2D eigenvalue weighted by molar-refractivity contribution is 5.90. The van der Waals surface area contributed by atoms with Gasteiger partial charge in [0.2, 0.25) is 0 Å². The van der Waals surface area contributed by atoms with Crippen molar-refractivity contribution in [2.45, 2.75) is 0 Å². The van der Waals surface area contributed by atoms with E-state index in [4.69, 9.17) is 0 Å². The first-order valence-corrected chi connectivity index (χ1v) is 4.86. The second-order valence-corrected chi connectivity index (χ2v) is 3.46. The summed E-state index contributed by atoms with van der Waals surface area (Å²) < 4.78 is 19.4. The molecule has 0 saturated heterocycles. The number of aryl methyl sites for hydroxylation is 1. The average Bonchev–Trinajstić information content (AvgIpc) is 2.73. The zero-order chi connectivity index (χ0) is 12.4. The Balaban J connectivity index is 2.53. The summed E-state index contributed by atoms with van der Waals surface area (Å²) in [6.07, 6.45) is 1.50. The molecular formula is C11H10FN3O2. The van der Waals surface area contributed by atoms with Crippen LogP contribution in [0, 0.1) is 5.82 Å². The van der Waals surface area contributed by atoms with Gasteiger partial charge in [-0.2, -0.15) is 0 Å². The maximum atomic E-state index is 13.4. The van der Waals surface area contributed by atoms with Crippen LogP contribution < -0.4 is 0 Å². The van der Waals surface area contributed by atoms with Gasteiger partial charge in [0.05, 0.1) is 24.6 Å². The highest BCUT2D eigenvalue weighted by atomic mass is 19.1. The number of benzene rings is 1. The van der Waals surface area contributed by atoms with E-state index in [1.807, 2.05) is 0 Å². The maximum Gasteiger partial charge on any atom is 0.337 e. The predicted octanol–water partition coefficient (Wildman–Crippen LogP) is 1.41. The summed E-state index contributed by atoms with van der Waals surface area (Å²) in [4.78, 5) is 11.3. The average molecular weight is 235 g/mol. The molecule has 2 aromatic rings. The zero-order valence-electron chi connectivity index (χ0n) is 9.35. The molecule has 0 N–H and O–H groups in total. The van der Waals surface area contributed by atoms with Crippen LogP contribution in [-0.2, 0) is 11.8 Å². The maximum absolute atomic E-state index is 13.4. The number of hydrogen-bond acceptors (Lipinski definition) is 4. The molecule has 0 aliphatic rings. The summed E-state index contributed by atoms with van der Waals surface area (Å²) >= 11 is 0. The van der Waals surface area contributed by atoms with Gasteiger partial charge < -0.3 is 4.74 Å². The number of halogens is 1. The van der Waals surface area contributed by atoms with Crippen molar-refractivity contribution in [2.75, 3.05) is 7.11 Å². The molecule has 0 spiro atoms. The van der Waals surface area contributed by atoms with Gasteiger partial charge in [-0.05, 0) is 18.2 Å². The summed E-state index contributed by atoms with van der Waals surface area (Å²) in [7, 11) is 2.93. The second-order valence-electron chi connectivity index (χ2n) is 3.46. The Labute approximate surface area is 96.8 Å². The topological polar surface area (TPSA) is 57.0 Å². The van der Waals surface area contributed by atoms with Gasteiger partial charge in [0.15, 0.2) is 0 Å². The fourth-order valence-corrected chi connectivity index (χ4v) is 1.52. The molecule has 1 heterocycles. The molecule has 88 valence electrons. The lowest BCUT2D eigenvalue weighted by Crippen LogP contribution is -2.03. The van der Waals surface area contributed by atoms with Crippen molar-refractivity contribution in [1.29, 1.82) is 0 Å². The SMILES string of the molecule is COC(=O)c1cc(F)cc(-c2cnnn2C)c1. The summed E-state index contributed by atoms with van der Waals surface area (Å²) in [6.45, 7) is 0. The van der Waals surface area contributed by atoms with Gasteiger partial charge in [0, 0.05) is 12.6 Å². The fourth-order valence-electron chi connectivity index (χ4n) is 1.52. The van der Waals surface area contributed by atoms with Crippen LogP contribution in [0.15, 0.2) is 24.4 Å². The van der Waals surface area contributed by atoms with Crippen LogP contribution in [0.25, 0.3) is 11.3 Å². The lowest BCUT2D eigenvalue weighted by molar-refractivity contribution is 0.0600. The highest BCUT2D eigenvalue weighted by Gasteiger charge is 2.12. The summed E-state index contributed by atoms with van der Waals surface area (Å²) in [5.41, 5.74) is 1.30. The van der Waals surface area contributed by atoms with Crippen molar-refractivity contribution < 1.29 is 13.9 Å². The van der Waals surface area contributed by atoms with E-state index in [9.17, 15) is 9.18 Å². The normalized spacial score (nSPS) is 10.3. The molecule has 0 unspecified atom stereocenters. The van der Waals surface area contributed by atoms with Crippen LogP contribution in [0.5, 0.6) is 0 Å². The van der Waals surface area contributed by atoms with Crippen molar-refractivity contribution in [3.8, 4) is 11.3 Å². The number of ether oxygens (including phenoxy) is 1. The Morgan fingerprint density at radius 2 is 2.18 bits per heavy atom. The third kappa shape index (κ3) is 2.15. The van der Waals surface area contributed by atoms with Crippen molar-refractivity contribution >= 4 is 5.97 Å². The molecule has 1 aromatic carbocycles. The van der Waals surface area contributed by atoms with Crippen molar-refractivity contribution in [3.63, 3.8) is 0 Å². The number of methoxy groups -OCH3 is 1. The van der Waals surface area contributed by atoms with Crippen LogP contribution in [0.4, 0.5) is 4.39 Å². The molecule has 0 atom stereocenters. The quantitative estimate of drug-likeness (QED) is 0.738. The Kier molecular flexibility index (Phi) is 2.86. The standard InChI is InChI=1S/C11H10FN3O2/c1-15-10(6-13-14-15)7-3-8(11(16)17-2)5-9(12)4-7/h3-6H,1-2H3. The summed E-state index contributed by atoms with van der Waals surface area (Å²) in [5, 5.41) is 7.44. The van der Waals surface area contributed by atoms with Crippen molar-refractivity contribution in [3.05, 3.63) is 35.8 Å². The first-order chi connectivity index (χ1) is 8.11. The molecule has 0 bridgehead atoms. The number of carbonyl (C=O) groups is 1. The summed E-state index contributed by atoms with van der Waals surface area (Å²) in [6, 6.07) is 3.97. The van der Waals surface area contributed by atoms with Crippen LogP contribution in [0.3, 0.4) is 0 Å². The molecule has 1 aromatic heterocycles. The number of aromatic nitrogens is 3. The van der Waals surface area contributed by atoms with Crippen LogP contribution in [-0.4, -0.2) is 28.1 Å². The molecule has 6 heteroatoms. The highest BCUT2D eigenvalue weighted by Crippen LogP contribution is 2.20. The molecule has 0 saturated carbocycles. The monoisotopic (exact) mass is 235 g/mol. The van der Waals surface area contributed by atoms with E-state index in [2.05, 4.69) is 15.0 Å². The largest absolute Gasteiger partial charge is 0.465 e. The lowest BCUT2D eigenvalue weighted by atomic mass is 10.1. The minimum absolute atomic E-state index is 0.156. The third-order valence-electron chi connectivity index (χ3n) is 2.33. The molecule has 0 fully saturated rings. The molecular weight excluding hydrogens is 225 g/mol. The predicted molar refractivity (Wildman–Crippen MR) is 57.7 cm³/mol. The Hall–Kier alpha value is -2.24. The van der Waals surface area contributed by atoms with Gasteiger partial charge in [-0.25, -0.2) is 13.9 Å². The number of hydrogen-bond donors (Lipinski definition) is 0. The molecule has 0 amide bonds. The molecule has 0 radical (unpaired) electrons. The van der Waals surface area contributed by atoms with Crippen LogP contribution in [0.2, 0.25) is 0 Å². The van der Waals surface area contributed by atoms with E-state index in [-0.39, 0.29) is 5.56 Å². The number of carbonyl (C=O) groups excluding carboxylic acids is 1. The Morgan fingerprint density at radius 1 is 1.41 bits per heavy atom. The van der Waals surface area contributed by atoms with Crippen molar-refractivity contribution in [1.82, 2.24) is 15.0 Å².